The molecule has 4 N–H and O–H groups in total. The van der Waals surface area contributed by atoms with Crippen LogP contribution in [0.15, 0.2) is 35.1 Å². The number of hydrogen-bond acceptors (Lipinski definition) is 3. The van der Waals surface area contributed by atoms with Crippen molar-refractivity contribution in [3.63, 3.8) is 0 Å². The summed E-state index contributed by atoms with van der Waals surface area (Å²) in [4.78, 5) is 26.0. The largest absolute Gasteiger partial charge is 0.416 e. The molecule has 0 saturated heterocycles. The summed E-state index contributed by atoms with van der Waals surface area (Å²) in [6.07, 6.45) is -2.15. The van der Waals surface area contributed by atoms with Crippen molar-refractivity contribution in [1.29, 1.82) is 0 Å². The molecule has 26 heavy (non-hydrogen) atoms. The van der Waals surface area contributed by atoms with Crippen molar-refractivity contribution >= 4 is 5.91 Å². The fourth-order valence-electron chi connectivity index (χ4n) is 3.23. The molecule has 0 bridgehead atoms. The molecule has 0 saturated carbocycles. The summed E-state index contributed by atoms with van der Waals surface area (Å²) in [5.41, 5.74) is 5.90. The lowest BCUT2D eigenvalue weighted by Crippen LogP contribution is -2.31. The third-order valence-corrected chi connectivity index (χ3v) is 4.52. The third-order valence-electron chi connectivity index (χ3n) is 4.52. The Balaban J connectivity index is 1.82. The number of alkyl halides is 3. The second-order valence-corrected chi connectivity index (χ2v) is 6.33. The minimum atomic E-state index is -4.39. The molecular formula is C18H18F3N3O2. The van der Waals surface area contributed by atoms with E-state index in [2.05, 4.69) is 10.3 Å². The van der Waals surface area contributed by atoms with Crippen LogP contribution in [0, 0.1) is 0 Å². The molecule has 3 rings (SSSR count). The van der Waals surface area contributed by atoms with Crippen molar-refractivity contribution in [3.05, 3.63) is 68.6 Å². The van der Waals surface area contributed by atoms with Gasteiger partial charge in [-0.25, -0.2) is 0 Å². The van der Waals surface area contributed by atoms with E-state index in [0.717, 1.165) is 36.2 Å². The number of hydrogen-bond donors (Lipinski definition) is 3. The predicted molar refractivity (Wildman–Crippen MR) is 89.5 cm³/mol. The van der Waals surface area contributed by atoms with E-state index in [1.54, 1.807) is 6.07 Å². The Morgan fingerprint density at radius 2 is 2.08 bits per heavy atom. The monoisotopic (exact) mass is 365 g/mol. The number of aromatic nitrogens is 1. The average Bonchev–Trinajstić information content (AvgIpc) is 2.58. The highest BCUT2D eigenvalue weighted by Gasteiger charge is 2.30. The van der Waals surface area contributed by atoms with Crippen molar-refractivity contribution in [2.24, 2.45) is 5.73 Å². The smallest absolute Gasteiger partial charge is 0.365 e. The lowest BCUT2D eigenvalue weighted by molar-refractivity contribution is -0.137. The van der Waals surface area contributed by atoms with E-state index in [9.17, 15) is 22.8 Å². The third kappa shape index (κ3) is 3.80. The molecule has 0 spiro atoms. The Kier molecular flexibility index (Phi) is 4.86. The predicted octanol–water partition coefficient (Wildman–Crippen LogP) is 2.66. The number of pyridine rings is 1. The number of H-pyrrole nitrogens is 1. The number of aryl methyl sites for hydroxylation is 1. The number of amides is 1. The molecule has 1 atom stereocenters. The van der Waals surface area contributed by atoms with Gasteiger partial charge >= 0.3 is 6.18 Å². The molecule has 1 aliphatic rings. The maximum Gasteiger partial charge on any atom is 0.416 e. The molecule has 2 aromatic rings. The Hall–Kier alpha value is -2.61. The SMILES string of the molecule is NC(=O)c1cc2c([nH]c1=O)CCCC2NCc1cccc(C(F)(F)F)c1. The van der Waals surface area contributed by atoms with Crippen LogP contribution in [0.5, 0.6) is 0 Å². The fourth-order valence-corrected chi connectivity index (χ4v) is 3.23. The van der Waals surface area contributed by atoms with Crippen molar-refractivity contribution in [1.82, 2.24) is 10.3 Å². The van der Waals surface area contributed by atoms with Gasteiger partial charge in [0.2, 0.25) is 0 Å². The van der Waals surface area contributed by atoms with Gasteiger partial charge in [-0.05, 0) is 42.5 Å². The minimum Gasteiger partial charge on any atom is -0.365 e. The number of aromatic amines is 1. The summed E-state index contributed by atoms with van der Waals surface area (Å²) >= 11 is 0. The number of halogens is 3. The van der Waals surface area contributed by atoms with Crippen molar-refractivity contribution in [3.8, 4) is 0 Å². The van der Waals surface area contributed by atoms with Crippen LogP contribution in [0.4, 0.5) is 13.2 Å². The standard InChI is InChI=1S/C18H18F3N3O2/c19-18(20,21)11-4-1-3-10(7-11)9-23-14-5-2-6-15-12(14)8-13(16(22)25)17(26)24-15/h1,3-4,7-8,14,23H,2,5-6,9H2,(H2,22,25)(H,24,26). The van der Waals surface area contributed by atoms with Gasteiger partial charge in [-0.1, -0.05) is 18.2 Å². The van der Waals surface area contributed by atoms with Crippen LogP contribution in [0.1, 0.15) is 51.6 Å². The van der Waals surface area contributed by atoms with Gasteiger partial charge in [0.25, 0.3) is 11.5 Å². The van der Waals surface area contributed by atoms with Crippen LogP contribution >= 0.6 is 0 Å². The van der Waals surface area contributed by atoms with E-state index in [0.29, 0.717) is 12.0 Å². The Morgan fingerprint density at radius 1 is 1.31 bits per heavy atom. The number of primary amides is 1. The summed E-state index contributed by atoms with van der Waals surface area (Å²) in [7, 11) is 0. The van der Waals surface area contributed by atoms with Gasteiger partial charge < -0.3 is 16.0 Å². The molecule has 0 fully saturated rings. The van der Waals surface area contributed by atoms with Gasteiger partial charge in [-0.15, -0.1) is 0 Å². The van der Waals surface area contributed by atoms with Crippen LogP contribution in [0.25, 0.3) is 0 Å². The molecule has 5 nitrogen and oxygen atoms in total. The maximum atomic E-state index is 12.8. The Bertz CT molecular complexity index is 890. The van der Waals surface area contributed by atoms with Gasteiger partial charge in [0.15, 0.2) is 0 Å². The zero-order chi connectivity index (χ0) is 18.9. The van der Waals surface area contributed by atoms with Gasteiger partial charge in [0.05, 0.1) is 5.56 Å². The molecule has 1 heterocycles. The van der Waals surface area contributed by atoms with E-state index in [4.69, 9.17) is 5.73 Å². The first-order chi connectivity index (χ1) is 12.3. The zero-order valence-electron chi connectivity index (χ0n) is 13.8. The number of benzene rings is 1. The Morgan fingerprint density at radius 3 is 2.77 bits per heavy atom. The number of rotatable bonds is 4. The van der Waals surface area contributed by atoms with Gasteiger partial charge in [0, 0.05) is 18.3 Å². The number of nitrogens with two attached hydrogens (primary N) is 1. The zero-order valence-corrected chi connectivity index (χ0v) is 13.8. The molecular weight excluding hydrogens is 347 g/mol. The summed E-state index contributed by atoms with van der Waals surface area (Å²) in [6, 6.07) is 6.44. The highest BCUT2D eigenvalue weighted by molar-refractivity contribution is 5.92. The van der Waals surface area contributed by atoms with Gasteiger partial charge in [-0.3, -0.25) is 9.59 Å². The lowest BCUT2D eigenvalue weighted by atomic mass is 9.90. The Labute approximate surface area is 147 Å². The van der Waals surface area contributed by atoms with Crippen molar-refractivity contribution in [2.45, 2.75) is 38.0 Å². The maximum absolute atomic E-state index is 12.8. The van der Waals surface area contributed by atoms with Gasteiger partial charge in [-0.2, -0.15) is 13.2 Å². The van der Waals surface area contributed by atoms with Crippen LogP contribution in [0.2, 0.25) is 0 Å². The molecule has 1 aromatic carbocycles. The van der Waals surface area contributed by atoms with Crippen LogP contribution in [0.3, 0.4) is 0 Å². The quantitative estimate of drug-likeness (QED) is 0.778. The lowest BCUT2D eigenvalue weighted by Gasteiger charge is -2.26. The number of fused-ring (bicyclic) bond motifs is 1. The first kappa shape index (κ1) is 18.2. The van der Waals surface area contributed by atoms with E-state index < -0.39 is 23.2 Å². The average molecular weight is 365 g/mol. The van der Waals surface area contributed by atoms with Gasteiger partial charge in [0.1, 0.15) is 5.56 Å². The van der Waals surface area contributed by atoms with E-state index in [1.807, 2.05) is 0 Å². The van der Waals surface area contributed by atoms with Crippen LogP contribution < -0.4 is 16.6 Å². The molecule has 0 radical (unpaired) electrons. The fraction of sp³-hybridized carbons (Fsp3) is 0.333. The highest BCUT2D eigenvalue weighted by Crippen LogP contribution is 2.31. The summed E-state index contributed by atoms with van der Waals surface area (Å²) in [6.45, 7) is 0.235. The normalized spacial score (nSPS) is 17.0. The van der Waals surface area contributed by atoms with Crippen LogP contribution in [-0.2, 0) is 19.1 Å². The minimum absolute atomic E-state index is 0.114. The number of nitrogens with one attached hydrogen (secondary N) is 2. The summed E-state index contributed by atoms with van der Waals surface area (Å²) in [5, 5.41) is 3.22. The van der Waals surface area contributed by atoms with E-state index in [-0.39, 0.29) is 18.2 Å². The summed E-state index contributed by atoms with van der Waals surface area (Å²) in [5.74, 6) is -0.809. The summed E-state index contributed by atoms with van der Waals surface area (Å²) < 4.78 is 38.5. The molecule has 8 heteroatoms. The molecule has 0 aliphatic heterocycles. The second-order valence-electron chi connectivity index (χ2n) is 6.33. The number of carbonyl (C=O) groups excluding carboxylic acids is 1. The van der Waals surface area contributed by atoms with E-state index in [1.165, 1.54) is 12.1 Å². The second kappa shape index (κ2) is 6.95. The molecule has 1 unspecified atom stereocenters. The molecule has 1 aromatic heterocycles. The van der Waals surface area contributed by atoms with E-state index >= 15 is 0 Å². The molecule has 1 amide bonds. The molecule has 1 aliphatic carbocycles. The first-order valence-corrected chi connectivity index (χ1v) is 8.21. The first-order valence-electron chi connectivity index (χ1n) is 8.21. The van der Waals surface area contributed by atoms with Crippen molar-refractivity contribution < 1.29 is 18.0 Å². The van der Waals surface area contributed by atoms with Crippen molar-refractivity contribution in [2.75, 3.05) is 0 Å². The topological polar surface area (TPSA) is 88.0 Å². The number of carbonyl (C=O) groups is 1. The molecule has 138 valence electrons. The van der Waals surface area contributed by atoms with Crippen LogP contribution in [-0.4, -0.2) is 10.9 Å². The highest BCUT2D eigenvalue weighted by atomic mass is 19.4.